The summed E-state index contributed by atoms with van der Waals surface area (Å²) in [6.45, 7) is 2.00. The number of rotatable bonds is 4. The van der Waals surface area contributed by atoms with Crippen molar-refractivity contribution >= 4 is 0 Å². The van der Waals surface area contributed by atoms with Crippen LogP contribution >= 0.6 is 0 Å². The normalized spacial score (nSPS) is 10.8. The van der Waals surface area contributed by atoms with Crippen LogP contribution in [0.15, 0.2) is 30.1 Å². The van der Waals surface area contributed by atoms with Crippen molar-refractivity contribution in [3.05, 3.63) is 47.3 Å². The second kappa shape index (κ2) is 6.79. The van der Waals surface area contributed by atoms with Gasteiger partial charge in [-0.05, 0) is 18.6 Å². The maximum absolute atomic E-state index is 13.1. The molecule has 0 aliphatic rings. The van der Waals surface area contributed by atoms with Crippen molar-refractivity contribution in [2.24, 2.45) is 5.73 Å². The average Bonchev–Trinajstić information content (AvgIpc) is 2.22. The van der Waals surface area contributed by atoms with Gasteiger partial charge in [0.1, 0.15) is 11.6 Å². The molecule has 0 aromatic heterocycles. The Morgan fingerprint density at radius 3 is 2.44 bits per heavy atom. The van der Waals surface area contributed by atoms with Crippen molar-refractivity contribution in [2.75, 3.05) is 0 Å². The lowest BCUT2D eigenvalue weighted by Crippen LogP contribution is -2.11. The van der Waals surface area contributed by atoms with E-state index in [1.54, 1.807) is 6.20 Å². The predicted molar refractivity (Wildman–Crippen MR) is 60.8 cm³/mol. The van der Waals surface area contributed by atoms with Gasteiger partial charge in [-0.1, -0.05) is 13.0 Å². The van der Waals surface area contributed by atoms with Crippen LogP contribution in [0.5, 0.6) is 0 Å². The third-order valence-corrected chi connectivity index (χ3v) is 2.04. The largest absolute Gasteiger partial charge is 0.401 e. The Balaban J connectivity index is 0.00000225. The van der Waals surface area contributed by atoms with Gasteiger partial charge in [0.2, 0.25) is 0 Å². The van der Waals surface area contributed by atoms with Crippen LogP contribution in [-0.4, -0.2) is 0 Å². The molecule has 1 rings (SSSR count). The molecule has 1 aromatic rings. The first-order chi connectivity index (χ1) is 7.15. The number of allylic oxidation sites excluding steroid dienone is 1. The molecule has 0 radical (unpaired) electrons. The Morgan fingerprint density at radius 2 is 1.94 bits per heavy atom. The highest BCUT2D eigenvalue weighted by Crippen LogP contribution is 2.11. The molecular weight excluding hydrogens is 212 g/mol. The molecule has 0 spiro atoms. The summed E-state index contributed by atoms with van der Waals surface area (Å²) in [5.41, 5.74) is 6.20. The highest BCUT2D eigenvalue weighted by atomic mass is 19.1. The molecule has 90 valence electrons. The van der Waals surface area contributed by atoms with E-state index in [9.17, 15) is 8.78 Å². The monoisotopic (exact) mass is 229 g/mol. The van der Waals surface area contributed by atoms with Crippen LogP contribution in [0.3, 0.4) is 0 Å². The minimum Gasteiger partial charge on any atom is -0.401 e. The molecular formula is C11H17F2N3. The lowest BCUT2D eigenvalue weighted by atomic mass is 10.2. The maximum atomic E-state index is 13.1. The van der Waals surface area contributed by atoms with E-state index in [1.165, 1.54) is 18.2 Å². The zero-order valence-electron chi connectivity index (χ0n) is 9.26. The number of hydrogen-bond donors (Lipinski definition) is 3. The van der Waals surface area contributed by atoms with Gasteiger partial charge in [0.15, 0.2) is 0 Å². The molecule has 0 heterocycles. The third kappa shape index (κ3) is 3.86. The molecule has 0 amide bonds. The molecule has 1 aromatic carbocycles. The van der Waals surface area contributed by atoms with Crippen molar-refractivity contribution in [3.8, 4) is 0 Å². The van der Waals surface area contributed by atoms with Gasteiger partial charge in [-0.2, -0.15) is 0 Å². The fraction of sp³-hybridized carbons (Fsp3) is 0.273. The molecule has 0 atom stereocenters. The summed E-state index contributed by atoms with van der Waals surface area (Å²) >= 11 is 0. The van der Waals surface area contributed by atoms with Crippen LogP contribution in [0.2, 0.25) is 0 Å². The topological polar surface area (TPSA) is 73.0 Å². The summed E-state index contributed by atoms with van der Waals surface area (Å²) in [4.78, 5) is 0. The molecule has 0 fully saturated rings. The fourth-order valence-electron chi connectivity index (χ4n) is 1.09. The molecule has 5 heteroatoms. The van der Waals surface area contributed by atoms with Crippen LogP contribution in [0.25, 0.3) is 0 Å². The van der Waals surface area contributed by atoms with Crippen LogP contribution in [0, 0.1) is 11.6 Å². The summed E-state index contributed by atoms with van der Waals surface area (Å²) in [5, 5.41) is 2.77. The van der Waals surface area contributed by atoms with Gasteiger partial charge in [-0.15, -0.1) is 0 Å². The maximum Gasteiger partial charge on any atom is 0.131 e. The summed E-state index contributed by atoms with van der Waals surface area (Å²) in [5.74, 6) is -1.10. The van der Waals surface area contributed by atoms with E-state index in [-0.39, 0.29) is 18.3 Å². The van der Waals surface area contributed by atoms with Gasteiger partial charge >= 0.3 is 0 Å². The quantitative estimate of drug-likeness (QED) is 0.742. The summed E-state index contributed by atoms with van der Waals surface area (Å²) in [7, 11) is 0. The zero-order chi connectivity index (χ0) is 11.3. The van der Waals surface area contributed by atoms with E-state index in [4.69, 9.17) is 5.73 Å². The number of halogens is 2. The molecule has 0 unspecified atom stereocenters. The molecule has 0 bridgehead atoms. The first kappa shape index (κ1) is 14.4. The molecule has 3 nitrogen and oxygen atoms in total. The van der Waals surface area contributed by atoms with Crippen molar-refractivity contribution in [1.82, 2.24) is 11.5 Å². The average molecular weight is 229 g/mol. The Morgan fingerprint density at radius 1 is 1.38 bits per heavy atom. The number of nitrogens with two attached hydrogens (primary N) is 1. The molecule has 0 saturated heterocycles. The van der Waals surface area contributed by atoms with E-state index in [0.29, 0.717) is 12.1 Å². The SMILES string of the molecule is CC/C(N)=C/NCc1c(F)cccc1F.N. The Hall–Kier alpha value is -1.62. The number of benzene rings is 1. The molecule has 0 aliphatic carbocycles. The Kier molecular flexibility index (Phi) is 6.10. The highest BCUT2D eigenvalue weighted by Gasteiger charge is 2.06. The fourth-order valence-corrected chi connectivity index (χ4v) is 1.09. The van der Waals surface area contributed by atoms with Gasteiger partial charge in [0.25, 0.3) is 0 Å². The second-order valence-electron chi connectivity index (χ2n) is 3.15. The molecule has 6 N–H and O–H groups in total. The van der Waals surface area contributed by atoms with Crippen LogP contribution < -0.4 is 17.2 Å². The second-order valence-corrected chi connectivity index (χ2v) is 3.15. The third-order valence-electron chi connectivity index (χ3n) is 2.04. The van der Waals surface area contributed by atoms with E-state index in [2.05, 4.69) is 5.32 Å². The van der Waals surface area contributed by atoms with Crippen LogP contribution in [0.4, 0.5) is 8.78 Å². The summed E-state index contributed by atoms with van der Waals surface area (Å²) in [6, 6.07) is 3.80. The number of hydrogen-bond acceptors (Lipinski definition) is 3. The van der Waals surface area contributed by atoms with Crippen molar-refractivity contribution < 1.29 is 8.78 Å². The van der Waals surface area contributed by atoms with Crippen molar-refractivity contribution in [2.45, 2.75) is 19.9 Å². The van der Waals surface area contributed by atoms with Gasteiger partial charge in [-0.3, -0.25) is 0 Å². The first-order valence-corrected chi connectivity index (χ1v) is 4.76. The first-order valence-electron chi connectivity index (χ1n) is 4.76. The lowest BCUT2D eigenvalue weighted by molar-refractivity contribution is 0.548. The van der Waals surface area contributed by atoms with E-state index >= 15 is 0 Å². The van der Waals surface area contributed by atoms with Gasteiger partial charge in [-0.25, -0.2) is 8.78 Å². The summed E-state index contributed by atoms with van der Waals surface area (Å²) < 4.78 is 26.2. The number of nitrogens with one attached hydrogen (secondary N) is 1. The zero-order valence-corrected chi connectivity index (χ0v) is 9.26. The predicted octanol–water partition coefficient (Wildman–Crippen LogP) is 2.43. The van der Waals surface area contributed by atoms with E-state index < -0.39 is 11.6 Å². The van der Waals surface area contributed by atoms with Crippen molar-refractivity contribution in [3.63, 3.8) is 0 Å². The highest BCUT2D eigenvalue weighted by molar-refractivity contribution is 5.19. The van der Waals surface area contributed by atoms with E-state index in [1.807, 2.05) is 6.92 Å². The molecule has 0 saturated carbocycles. The van der Waals surface area contributed by atoms with Gasteiger partial charge in [0, 0.05) is 24.0 Å². The minimum absolute atomic E-state index is 0. The molecule has 0 aliphatic heterocycles. The smallest absolute Gasteiger partial charge is 0.131 e. The Bertz CT molecular complexity index is 344. The lowest BCUT2D eigenvalue weighted by Gasteiger charge is -2.05. The van der Waals surface area contributed by atoms with Crippen molar-refractivity contribution in [1.29, 1.82) is 0 Å². The van der Waals surface area contributed by atoms with Crippen LogP contribution in [-0.2, 0) is 6.54 Å². The minimum atomic E-state index is -0.550. The van der Waals surface area contributed by atoms with Gasteiger partial charge in [0.05, 0.1) is 0 Å². The van der Waals surface area contributed by atoms with Gasteiger partial charge < -0.3 is 17.2 Å². The Labute approximate surface area is 93.9 Å². The van der Waals surface area contributed by atoms with Crippen LogP contribution in [0.1, 0.15) is 18.9 Å². The molecule has 16 heavy (non-hydrogen) atoms. The summed E-state index contributed by atoms with van der Waals surface area (Å²) in [6.07, 6.45) is 2.26. The van der Waals surface area contributed by atoms with E-state index in [0.717, 1.165) is 0 Å². The standard InChI is InChI=1S/C11H14F2N2.H3N/c1-2-8(14)6-15-7-9-10(12)4-3-5-11(9)13;/h3-6,15H,2,7,14H2,1H3;1H3/b8-6-;.